The van der Waals surface area contributed by atoms with Gasteiger partial charge in [-0.2, -0.15) is 0 Å². The molecule has 0 radical (unpaired) electrons. The van der Waals surface area contributed by atoms with Gasteiger partial charge in [0.25, 0.3) is 0 Å². The Kier molecular flexibility index (Phi) is 5.07. The summed E-state index contributed by atoms with van der Waals surface area (Å²) in [6.45, 7) is 2.67. The molecule has 6 heteroatoms. The zero-order valence-corrected chi connectivity index (χ0v) is 10.9. The highest BCUT2D eigenvalue weighted by atomic mass is 32.2. The molecule has 1 aromatic rings. The van der Waals surface area contributed by atoms with Crippen molar-refractivity contribution in [3.8, 4) is 0 Å². The van der Waals surface area contributed by atoms with Crippen LogP contribution in [0.25, 0.3) is 0 Å². The second kappa shape index (κ2) is 6.11. The average molecular weight is 258 g/mol. The molecular weight excluding hydrogens is 240 g/mol. The van der Waals surface area contributed by atoms with Gasteiger partial charge in [-0.05, 0) is 24.1 Å². The molecule has 0 heterocycles. The smallest absolute Gasteiger partial charge is 0.240 e. The van der Waals surface area contributed by atoms with Gasteiger partial charge in [0.15, 0.2) is 0 Å². The van der Waals surface area contributed by atoms with Crippen molar-refractivity contribution in [1.29, 1.82) is 0 Å². The van der Waals surface area contributed by atoms with Gasteiger partial charge < -0.3 is 10.5 Å². The maximum atomic E-state index is 12.0. The van der Waals surface area contributed by atoms with Crippen molar-refractivity contribution in [1.82, 2.24) is 4.72 Å². The Morgan fingerprint density at radius 2 is 2.12 bits per heavy atom. The van der Waals surface area contributed by atoms with Gasteiger partial charge >= 0.3 is 0 Å². The van der Waals surface area contributed by atoms with E-state index in [2.05, 4.69) is 4.72 Å². The first-order chi connectivity index (χ1) is 8.01. The van der Waals surface area contributed by atoms with Crippen LogP contribution in [-0.4, -0.2) is 28.7 Å². The number of nitrogens with one attached hydrogen (secondary N) is 1. The van der Waals surface area contributed by atoms with Crippen LogP contribution in [0.4, 0.5) is 0 Å². The fourth-order valence-corrected chi connectivity index (χ4v) is 2.72. The summed E-state index contributed by atoms with van der Waals surface area (Å²) in [5.41, 5.74) is 6.99. The number of benzene rings is 1. The third-order valence-corrected chi connectivity index (χ3v) is 3.98. The maximum absolute atomic E-state index is 12.0. The lowest BCUT2D eigenvalue weighted by Gasteiger charge is -2.10. The minimum Gasteiger partial charge on any atom is -0.383 e. The quantitative estimate of drug-likeness (QED) is 0.723. The minimum absolute atomic E-state index is 0.255. The summed E-state index contributed by atoms with van der Waals surface area (Å²) in [6.07, 6.45) is 0. The van der Waals surface area contributed by atoms with Crippen molar-refractivity contribution in [2.45, 2.75) is 18.4 Å². The summed E-state index contributed by atoms with van der Waals surface area (Å²) in [7, 11) is -1.96. The van der Waals surface area contributed by atoms with Crippen LogP contribution in [-0.2, 0) is 21.3 Å². The first kappa shape index (κ1) is 14.1. The van der Waals surface area contributed by atoms with Crippen molar-refractivity contribution >= 4 is 10.0 Å². The highest BCUT2D eigenvalue weighted by Gasteiger charge is 2.16. The molecule has 0 aliphatic heterocycles. The van der Waals surface area contributed by atoms with E-state index >= 15 is 0 Å². The van der Waals surface area contributed by atoms with Crippen LogP contribution >= 0.6 is 0 Å². The molecule has 0 saturated carbocycles. The Bertz CT molecular complexity index is 472. The predicted molar refractivity (Wildman–Crippen MR) is 66.1 cm³/mol. The molecule has 1 aromatic carbocycles. The molecule has 0 bridgehead atoms. The van der Waals surface area contributed by atoms with Crippen LogP contribution in [0, 0.1) is 6.92 Å². The first-order valence-electron chi connectivity index (χ1n) is 5.29. The highest BCUT2D eigenvalue weighted by Crippen LogP contribution is 2.16. The van der Waals surface area contributed by atoms with Crippen LogP contribution in [0.1, 0.15) is 11.1 Å². The van der Waals surface area contributed by atoms with Gasteiger partial charge in [0.05, 0.1) is 11.5 Å². The molecule has 0 aliphatic carbocycles. The van der Waals surface area contributed by atoms with E-state index in [9.17, 15) is 8.42 Å². The molecule has 0 unspecified atom stereocenters. The molecule has 0 aliphatic rings. The zero-order valence-electron chi connectivity index (χ0n) is 10.1. The third-order valence-electron chi connectivity index (χ3n) is 2.38. The van der Waals surface area contributed by atoms with Gasteiger partial charge in [0.1, 0.15) is 0 Å². The van der Waals surface area contributed by atoms with Crippen LogP contribution in [0.3, 0.4) is 0 Å². The minimum atomic E-state index is -3.48. The Morgan fingerprint density at radius 1 is 1.41 bits per heavy atom. The van der Waals surface area contributed by atoms with E-state index < -0.39 is 10.0 Å². The van der Waals surface area contributed by atoms with Crippen LogP contribution in [0.5, 0.6) is 0 Å². The lowest BCUT2D eigenvalue weighted by Crippen LogP contribution is -2.27. The first-order valence-corrected chi connectivity index (χ1v) is 6.78. The Hall–Kier alpha value is -0.950. The van der Waals surface area contributed by atoms with Gasteiger partial charge in [0.2, 0.25) is 10.0 Å². The van der Waals surface area contributed by atoms with E-state index in [0.29, 0.717) is 18.7 Å². The number of ether oxygens (including phenoxy) is 1. The van der Waals surface area contributed by atoms with E-state index in [-0.39, 0.29) is 11.4 Å². The number of hydrogen-bond acceptors (Lipinski definition) is 4. The molecule has 0 atom stereocenters. The van der Waals surface area contributed by atoms with E-state index in [1.54, 1.807) is 19.1 Å². The maximum Gasteiger partial charge on any atom is 0.240 e. The zero-order chi connectivity index (χ0) is 12.9. The number of hydrogen-bond donors (Lipinski definition) is 2. The SMILES string of the molecule is COCCNS(=O)(=O)c1cc(CN)ccc1C. The topological polar surface area (TPSA) is 81.4 Å². The fraction of sp³-hybridized carbons (Fsp3) is 0.455. The molecule has 0 amide bonds. The number of methoxy groups -OCH3 is 1. The normalized spacial score (nSPS) is 11.7. The molecule has 3 N–H and O–H groups in total. The molecule has 0 spiro atoms. The fourth-order valence-electron chi connectivity index (χ4n) is 1.42. The van der Waals surface area contributed by atoms with Gasteiger partial charge in [-0.25, -0.2) is 13.1 Å². The van der Waals surface area contributed by atoms with E-state index in [1.165, 1.54) is 7.11 Å². The molecule has 0 fully saturated rings. The molecule has 5 nitrogen and oxygen atoms in total. The second-order valence-corrected chi connectivity index (χ2v) is 5.43. The Labute approximate surface area is 102 Å². The molecule has 96 valence electrons. The summed E-state index contributed by atoms with van der Waals surface area (Å²) >= 11 is 0. The third kappa shape index (κ3) is 3.78. The van der Waals surface area contributed by atoms with E-state index in [1.807, 2.05) is 6.07 Å². The molecule has 0 saturated heterocycles. The lowest BCUT2D eigenvalue weighted by atomic mass is 10.1. The Balaban J connectivity index is 2.97. The average Bonchev–Trinajstić information content (AvgIpc) is 2.29. The number of rotatable bonds is 6. The van der Waals surface area contributed by atoms with Crippen molar-refractivity contribution < 1.29 is 13.2 Å². The summed E-state index contributed by atoms with van der Waals surface area (Å²) in [6, 6.07) is 5.18. The van der Waals surface area contributed by atoms with Crippen molar-refractivity contribution in [3.63, 3.8) is 0 Å². The monoisotopic (exact) mass is 258 g/mol. The van der Waals surface area contributed by atoms with Crippen molar-refractivity contribution in [3.05, 3.63) is 29.3 Å². The van der Waals surface area contributed by atoms with Gasteiger partial charge in [-0.3, -0.25) is 0 Å². The van der Waals surface area contributed by atoms with Gasteiger partial charge in [0, 0.05) is 20.2 Å². The van der Waals surface area contributed by atoms with Crippen molar-refractivity contribution in [2.75, 3.05) is 20.3 Å². The molecule has 17 heavy (non-hydrogen) atoms. The largest absolute Gasteiger partial charge is 0.383 e. The van der Waals surface area contributed by atoms with Gasteiger partial charge in [-0.1, -0.05) is 12.1 Å². The van der Waals surface area contributed by atoms with Crippen LogP contribution in [0.2, 0.25) is 0 Å². The number of nitrogens with two attached hydrogens (primary N) is 1. The highest BCUT2D eigenvalue weighted by molar-refractivity contribution is 7.89. The summed E-state index contributed by atoms with van der Waals surface area (Å²) < 4.78 is 31.3. The lowest BCUT2D eigenvalue weighted by molar-refractivity contribution is 0.204. The number of sulfonamides is 1. The summed E-state index contributed by atoms with van der Waals surface area (Å²) in [4.78, 5) is 0.275. The standard InChI is InChI=1S/C11H18N2O3S/c1-9-3-4-10(8-12)7-11(9)17(14,15)13-5-6-16-2/h3-4,7,13H,5-6,8,12H2,1-2H3. The number of aryl methyl sites for hydroxylation is 1. The Morgan fingerprint density at radius 3 is 2.71 bits per heavy atom. The second-order valence-electron chi connectivity index (χ2n) is 3.69. The summed E-state index contributed by atoms with van der Waals surface area (Å²) in [5.74, 6) is 0. The summed E-state index contributed by atoms with van der Waals surface area (Å²) in [5, 5.41) is 0. The van der Waals surface area contributed by atoms with Crippen LogP contribution < -0.4 is 10.5 Å². The van der Waals surface area contributed by atoms with Gasteiger partial charge in [-0.15, -0.1) is 0 Å². The van der Waals surface area contributed by atoms with Crippen molar-refractivity contribution in [2.24, 2.45) is 5.73 Å². The molecule has 0 aromatic heterocycles. The predicted octanol–water partition coefficient (Wildman–Crippen LogP) is 0.378. The molecular formula is C11H18N2O3S. The van der Waals surface area contributed by atoms with E-state index in [0.717, 1.165) is 5.56 Å². The molecule has 1 rings (SSSR count). The van der Waals surface area contributed by atoms with E-state index in [4.69, 9.17) is 10.5 Å². The van der Waals surface area contributed by atoms with Crippen LogP contribution in [0.15, 0.2) is 23.1 Å².